The lowest BCUT2D eigenvalue weighted by Gasteiger charge is -2.35. The van der Waals surface area contributed by atoms with Crippen molar-refractivity contribution in [3.05, 3.63) is 0 Å². The van der Waals surface area contributed by atoms with Crippen molar-refractivity contribution in [3.63, 3.8) is 0 Å². The van der Waals surface area contributed by atoms with Crippen LogP contribution in [0.1, 0.15) is 40.0 Å². The van der Waals surface area contributed by atoms with E-state index in [0.29, 0.717) is 25.9 Å². The van der Waals surface area contributed by atoms with Crippen LogP contribution in [0.15, 0.2) is 0 Å². The summed E-state index contributed by atoms with van der Waals surface area (Å²) in [5.74, 6) is -3.33. The summed E-state index contributed by atoms with van der Waals surface area (Å²) in [7, 11) is 0. The van der Waals surface area contributed by atoms with Gasteiger partial charge in [-0.1, -0.05) is 0 Å². The van der Waals surface area contributed by atoms with Gasteiger partial charge in [-0.25, -0.2) is 4.79 Å². The molecule has 120 valence electrons. The SMILES string of the molecule is CC(C)(C)OC(=O)N1CCC(C(CC(=O)O)C(=O)O)CC1. The van der Waals surface area contributed by atoms with Gasteiger partial charge in [-0.3, -0.25) is 9.59 Å². The molecule has 2 N–H and O–H groups in total. The minimum atomic E-state index is -1.11. The fourth-order valence-electron chi connectivity index (χ4n) is 2.45. The van der Waals surface area contributed by atoms with Gasteiger partial charge in [-0.2, -0.15) is 0 Å². The average Bonchev–Trinajstić information content (AvgIpc) is 2.33. The summed E-state index contributed by atoms with van der Waals surface area (Å²) in [5.41, 5.74) is -0.569. The number of hydrogen-bond donors (Lipinski definition) is 2. The van der Waals surface area contributed by atoms with Gasteiger partial charge in [0.05, 0.1) is 12.3 Å². The number of hydrogen-bond acceptors (Lipinski definition) is 4. The fourth-order valence-corrected chi connectivity index (χ4v) is 2.45. The van der Waals surface area contributed by atoms with Crippen molar-refractivity contribution < 1.29 is 29.3 Å². The number of carboxylic acid groups (broad SMARTS) is 2. The molecular formula is C14H23NO6. The van der Waals surface area contributed by atoms with Gasteiger partial charge < -0.3 is 19.8 Å². The van der Waals surface area contributed by atoms with Crippen LogP contribution < -0.4 is 0 Å². The van der Waals surface area contributed by atoms with E-state index in [-0.39, 0.29) is 12.3 Å². The van der Waals surface area contributed by atoms with Crippen LogP contribution in [0.2, 0.25) is 0 Å². The smallest absolute Gasteiger partial charge is 0.410 e. The second kappa shape index (κ2) is 6.78. The largest absolute Gasteiger partial charge is 0.481 e. The predicted octanol–water partition coefficient (Wildman–Crippen LogP) is 1.81. The Morgan fingerprint density at radius 3 is 2.10 bits per heavy atom. The second-order valence-electron chi connectivity index (χ2n) is 6.35. The normalized spacial score (nSPS) is 18.1. The van der Waals surface area contributed by atoms with Crippen LogP contribution in [-0.2, 0) is 14.3 Å². The maximum atomic E-state index is 11.9. The molecule has 0 aliphatic carbocycles. The van der Waals surface area contributed by atoms with Crippen molar-refractivity contribution in [1.82, 2.24) is 4.90 Å². The Morgan fingerprint density at radius 1 is 1.19 bits per heavy atom. The van der Waals surface area contributed by atoms with E-state index in [4.69, 9.17) is 14.9 Å². The molecule has 0 spiro atoms. The number of amides is 1. The van der Waals surface area contributed by atoms with E-state index in [1.165, 1.54) is 0 Å². The van der Waals surface area contributed by atoms with Crippen molar-refractivity contribution in [2.24, 2.45) is 11.8 Å². The Bertz CT molecular complexity index is 406. The second-order valence-corrected chi connectivity index (χ2v) is 6.35. The first-order valence-corrected chi connectivity index (χ1v) is 7.02. The fraction of sp³-hybridized carbons (Fsp3) is 0.786. The molecule has 1 rings (SSSR count). The van der Waals surface area contributed by atoms with E-state index in [0.717, 1.165) is 0 Å². The molecule has 1 fully saturated rings. The summed E-state index contributed by atoms with van der Waals surface area (Å²) >= 11 is 0. The Balaban J connectivity index is 2.56. The van der Waals surface area contributed by atoms with E-state index in [2.05, 4.69) is 0 Å². The van der Waals surface area contributed by atoms with Crippen LogP contribution >= 0.6 is 0 Å². The van der Waals surface area contributed by atoms with Crippen molar-refractivity contribution in [1.29, 1.82) is 0 Å². The summed E-state index contributed by atoms with van der Waals surface area (Å²) in [6.07, 6.45) is 0.158. The summed E-state index contributed by atoms with van der Waals surface area (Å²) in [5, 5.41) is 17.9. The molecule has 1 saturated heterocycles. The number of likely N-dealkylation sites (tertiary alicyclic amines) is 1. The molecule has 1 amide bonds. The van der Waals surface area contributed by atoms with Gasteiger partial charge in [-0.05, 0) is 39.5 Å². The maximum Gasteiger partial charge on any atom is 0.410 e. The molecule has 21 heavy (non-hydrogen) atoms. The first kappa shape index (κ1) is 17.3. The summed E-state index contributed by atoms with van der Waals surface area (Å²) in [4.78, 5) is 35.3. The van der Waals surface area contributed by atoms with Crippen LogP contribution in [-0.4, -0.2) is 51.8 Å². The molecule has 0 saturated carbocycles. The van der Waals surface area contributed by atoms with Crippen LogP contribution in [0.3, 0.4) is 0 Å². The lowest BCUT2D eigenvalue weighted by Crippen LogP contribution is -2.43. The van der Waals surface area contributed by atoms with E-state index in [1.807, 2.05) is 0 Å². The van der Waals surface area contributed by atoms with Crippen LogP contribution in [0.4, 0.5) is 4.79 Å². The molecular weight excluding hydrogens is 278 g/mol. The highest BCUT2D eigenvalue weighted by Crippen LogP contribution is 2.28. The molecule has 1 unspecified atom stereocenters. The number of ether oxygens (including phenoxy) is 1. The van der Waals surface area contributed by atoms with Crippen molar-refractivity contribution in [2.45, 2.75) is 45.6 Å². The zero-order valence-electron chi connectivity index (χ0n) is 12.7. The zero-order chi connectivity index (χ0) is 16.2. The Kier molecular flexibility index (Phi) is 5.57. The van der Waals surface area contributed by atoms with Gasteiger partial charge >= 0.3 is 18.0 Å². The molecule has 0 radical (unpaired) electrons. The third-order valence-electron chi connectivity index (χ3n) is 3.47. The number of nitrogens with zero attached hydrogens (tertiary/aromatic N) is 1. The number of carbonyl (C=O) groups excluding carboxylic acids is 1. The molecule has 1 heterocycles. The molecule has 7 heteroatoms. The van der Waals surface area contributed by atoms with Crippen LogP contribution in [0.5, 0.6) is 0 Å². The number of carboxylic acids is 2. The predicted molar refractivity (Wildman–Crippen MR) is 73.9 cm³/mol. The topological polar surface area (TPSA) is 104 Å². The van der Waals surface area contributed by atoms with Gasteiger partial charge in [-0.15, -0.1) is 0 Å². The highest BCUT2D eigenvalue weighted by Gasteiger charge is 2.35. The number of aliphatic carboxylic acids is 2. The van der Waals surface area contributed by atoms with Crippen molar-refractivity contribution in [2.75, 3.05) is 13.1 Å². The Morgan fingerprint density at radius 2 is 1.71 bits per heavy atom. The molecule has 1 aliphatic heterocycles. The third-order valence-corrected chi connectivity index (χ3v) is 3.47. The van der Waals surface area contributed by atoms with Gasteiger partial charge in [0.1, 0.15) is 5.60 Å². The van der Waals surface area contributed by atoms with Gasteiger partial charge in [0.2, 0.25) is 0 Å². The highest BCUT2D eigenvalue weighted by atomic mass is 16.6. The standard InChI is InChI=1S/C14H23NO6/c1-14(2,3)21-13(20)15-6-4-9(5-7-15)10(12(18)19)8-11(16)17/h9-10H,4-8H2,1-3H3,(H,16,17)(H,18,19). The highest BCUT2D eigenvalue weighted by molar-refractivity contribution is 5.78. The summed E-state index contributed by atoms with van der Waals surface area (Å²) < 4.78 is 5.26. The molecule has 1 aliphatic rings. The number of carbonyl (C=O) groups is 3. The van der Waals surface area contributed by atoms with E-state index < -0.39 is 29.6 Å². The van der Waals surface area contributed by atoms with E-state index in [1.54, 1.807) is 25.7 Å². The van der Waals surface area contributed by atoms with Gasteiger partial charge in [0.15, 0.2) is 0 Å². The van der Waals surface area contributed by atoms with Crippen molar-refractivity contribution >= 4 is 18.0 Å². The first-order valence-electron chi connectivity index (χ1n) is 7.02. The molecule has 0 aromatic carbocycles. The van der Waals surface area contributed by atoms with Crippen LogP contribution in [0.25, 0.3) is 0 Å². The Labute approximate surface area is 123 Å². The minimum Gasteiger partial charge on any atom is -0.481 e. The Hall–Kier alpha value is -1.79. The van der Waals surface area contributed by atoms with Gasteiger partial charge in [0.25, 0.3) is 0 Å². The number of piperidine rings is 1. The lowest BCUT2D eigenvalue weighted by molar-refractivity contribution is -0.151. The first-order chi connectivity index (χ1) is 9.60. The number of rotatable bonds is 4. The van der Waals surface area contributed by atoms with Gasteiger partial charge in [0, 0.05) is 13.1 Å². The van der Waals surface area contributed by atoms with Crippen LogP contribution in [0, 0.1) is 11.8 Å². The minimum absolute atomic E-state index is 0.225. The molecule has 1 atom stereocenters. The third kappa shape index (κ3) is 5.61. The van der Waals surface area contributed by atoms with Crippen molar-refractivity contribution in [3.8, 4) is 0 Å². The molecule has 0 bridgehead atoms. The zero-order valence-corrected chi connectivity index (χ0v) is 12.7. The maximum absolute atomic E-state index is 11.9. The molecule has 7 nitrogen and oxygen atoms in total. The van der Waals surface area contributed by atoms with E-state index in [9.17, 15) is 14.4 Å². The molecule has 0 aromatic rings. The monoisotopic (exact) mass is 301 g/mol. The molecule has 0 aromatic heterocycles. The van der Waals surface area contributed by atoms with E-state index >= 15 is 0 Å². The quantitative estimate of drug-likeness (QED) is 0.820. The summed E-state index contributed by atoms with van der Waals surface area (Å²) in [6.45, 7) is 6.13. The average molecular weight is 301 g/mol. The summed E-state index contributed by atoms with van der Waals surface area (Å²) in [6, 6.07) is 0. The lowest BCUT2D eigenvalue weighted by atomic mass is 9.82.